The topological polar surface area (TPSA) is 98.2 Å². The Morgan fingerprint density at radius 1 is 1.08 bits per heavy atom. The summed E-state index contributed by atoms with van der Waals surface area (Å²) in [4.78, 5) is 24.4. The number of nitrogens with two attached hydrogens (primary N) is 2. The van der Waals surface area contributed by atoms with Gasteiger partial charge in [-0.25, -0.2) is 0 Å². The van der Waals surface area contributed by atoms with Gasteiger partial charge in [-0.05, 0) is 17.7 Å². The Morgan fingerprint density at radius 3 is 2.40 bits per heavy atom. The molecule has 0 bridgehead atoms. The average Bonchev–Trinajstić information content (AvgIpc) is 2.62. The van der Waals surface area contributed by atoms with E-state index in [-0.39, 0.29) is 23.8 Å². The molecule has 2 atom stereocenters. The van der Waals surface area contributed by atoms with Gasteiger partial charge in [-0.2, -0.15) is 0 Å². The molecule has 0 fully saturated rings. The van der Waals surface area contributed by atoms with Gasteiger partial charge >= 0.3 is 0 Å². The second-order valence-corrected chi connectivity index (χ2v) is 6.91. The number of primary amides is 1. The maximum absolute atomic E-state index is 12.6. The van der Waals surface area contributed by atoms with Crippen LogP contribution < -0.4 is 16.8 Å². The van der Waals surface area contributed by atoms with Gasteiger partial charge in [-0.15, -0.1) is 11.8 Å². The van der Waals surface area contributed by atoms with E-state index in [4.69, 9.17) is 11.5 Å². The van der Waals surface area contributed by atoms with Gasteiger partial charge in [-0.3, -0.25) is 9.59 Å². The number of carbonyl (C=O) groups excluding carboxylic acids is 2. The predicted molar refractivity (Wildman–Crippen MR) is 102 cm³/mol. The van der Waals surface area contributed by atoms with Crippen LogP contribution in [0, 0.1) is 5.92 Å². The number of para-hydroxylation sites is 1. The lowest BCUT2D eigenvalue weighted by molar-refractivity contribution is -0.120. The number of thioether (sulfide) groups is 1. The smallest absolute Gasteiger partial charge is 0.229 e. The third kappa shape index (κ3) is 5.62. The van der Waals surface area contributed by atoms with Crippen LogP contribution in [0.2, 0.25) is 0 Å². The zero-order valence-corrected chi connectivity index (χ0v) is 15.0. The molecule has 5 nitrogen and oxygen atoms in total. The molecule has 25 heavy (non-hydrogen) atoms. The summed E-state index contributed by atoms with van der Waals surface area (Å²) in [5, 5.41) is 2.94. The highest BCUT2D eigenvalue weighted by molar-refractivity contribution is 7.99. The van der Waals surface area contributed by atoms with Crippen LogP contribution in [0.3, 0.4) is 0 Å². The molecular weight excluding hydrogens is 334 g/mol. The molecule has 2 amide bonds. The molecule has 0 saturated carbocycles. The summed E-state index contributed by atoms with van der Waals surface area (Å²) in [5.74, 6) is -0.289. The van der Waals surface area contributed by atoms with E-state index in [1.807, 2.05) is 61.5 Å². The first-order chi connectivity index (χ1) is 12.0. The molecule has 0 aliphatic carbocycles. The molecule has 0 aromatic heterocycles. The number of carbonyl (C=O) groups is 2. The van der Waals surface area contributed by atoms with E-state index in [9.17, 15) is 9.59 Å². The largest absolute Gasteiger partial charge is 0.370 e. The quantitative estimate of drug-likeness (QED) is 0.633. The Morgan fingerprint density at radius 2 is 1.72 bits per heavy atom. The second-order valence-electron chi connectivity index (χ2n) is 5.78. The van der Waals surface area contributed by atoms with E-state index in [2.05, 4.69) is 5.32 Å². The first kappa shape index (κ1) is 19.0. The highest BCUT2D eigenvalue weighted by Crippen LogP contribution is 2.29. The maximum atomic E-state index is 12.6. The van der Waals surface area contributed by atoms with Gasteiger partial charge in [0.15, 0.2) is 0 Å². The summed E-state index contributed by atoms with van der Waals surface area (Å²) < 4.78 is 0. The third-order valence-corrected chi connectivity index (χ3v) is 4.96. The first-order valence-corrected chi connectivity index (χ1v) is 9.09. The molecular formula is C19H23N3O2S. The van der Waals surface area contributed by atoms with E-state index in [0.717, 1.165) is 10.5 Å². The van der Waals surface area contributed by atoms with Crippen LogP contribution in [0.15, 0.2) is 59.5 Å². The van der Waals surface area contributed by atoms with Gasteiger partial charge in [0.1, 0.15) is 0 Å². The van der Waals surface area contributed by atoms with Crippen molar-refractivity contribution < 1.29 is 9.59 Å². The molecule has 5 N–H and O–H groups in total. The molecule has 132 valence electrons. The van der Waals surface area contributed by atoms with E-state index in [1.165, 1.54) is 11.8 Å². The molecule has 2 rings (SSSR count). The maximum Gasteiger partial charge on any atom is 0.229 e. The average molecular weight is 357 g/mol. The van der Waals surface area contributed by atoms with Crippen LogP contribution in [-0.2, 0) is 9.59 Å². The molecule has 2 unspecified atom stereocenters. The Kier molecular flexibility index (Phi) is 7.03. The van der Waals surface area contributed by atoms with Crippen LogP contribution >= 0.6 is 11.8 Å². The fraction of sp³-hybridized carbons (Fsp3) is 0.263. The number of hydrogen-bond donors (Lipinski definition) is 3. The molecule has 0 heterocycles. The van der Waals surface area contributed by atoms with Gasteiger partial charge in [0.25, 0.3) is 0 Å². The molecule has 0 saturated heterocycles. The van der Waals surface area contributed by atoms with Crippen LogP contribution in [0.4, 0.5) is 5.69 Å². The molecule has 2 aromatic carbocycles. The monoisotopic (exact) mass is 357 g/mol. The minimum atomic E-state index is -0.383. The standard InChI is InChI=1S/C19H23N3O2S/c1-13(18(21)14-7-3-2-4-8-14)19(24)22-15-9-5-6-10-16(15)25-12-11-17(20)23/h2-10,13,18H,11-12,21H2,1H3,(H2,20,23)(H,22,24). The normalized spacial score (nSPS) is 13.0. The van der Waals surface area contributed by atoms with Crippen molar-refractivity contribution >= 4 is 29.3 Å². The molecule has 6 heteroatoms. The van der Waals surface area contributed by atoms with E-state index in [0.29, 0.717) is 17.9 Å². The SMILES string of the molecule is CC(C(=O)Nc1ccccc1SCCC(N)=O)C(N)c1ccccc1. The van der Waals surface area contributed by atoms with Crippen molar-refractivity contribution in [2.24, 2.45) is 17.4 Å². The molecule has 0 aliphatic rings. The summed E-state index contributed by atoms with van der Waals surface area (Å²) in [6.07, 6.45) is 0.294. The zero-order chi connectivity index (χ0) is 18.2. The predicted octanol–water partition coefficient (Wildman–Crippen LogP) is 2.93. The molecule has 0 spiro atoms. The highest BCUT2D eigenvalue weighted by Gasteiger charge is 2.22. The Bertz CT molecular complexity index is 722. The number of hydrogen-bond acceptors (Lipinski definition) is 4. The summed E-state index contributed by atoms with van der Waals surface area (Å²) in [6, 6.07) is 16.7. The second kappa shape index (κ2) is 9.25. The van der Waals surface area contributed by atoms with Crippen molar-refractivity contribution in [3.05, 3.63) is 60.2 Å². The number of benzene rings is 2. The van der Waals surface area contributed by atoms with Crippen molar-refractivity contribution in [1.82, 2.24) is 0 Å². The lowest BCUT2D eigenvalue weighted by atomic mass is 9.94. The van der Waals surface area contributed by atoms with E-state index in [1.54, 1.807) is 0 Å². The van der Waals surface area contributed by atoms with Gasteiger partial charge in [-0.1, -0.05) is 49.4 Å². The van der Waals surface area contributed by atoms with Gasteiger partial charge in [0.05, 0.1) is 11.6 Å². The summed E-state index contributed by atoms with van der Waals surface area (Å²) in [5.41, 5.74) is 13.0. The summed E-state index contributed by atoms with van der Waals surface area (Å²) in [6.45, 7) is 1.82. The number of rotatable bonds is 8. The third-order valence-electron chi connectivity index (χ3n) is 3.89. The highest BCUT2D eigenvalue weighted by atomic mass is 32.2. The first-order valence-electron chi connectivity index (χ1n) is 8.10. The van der Waals surface area contributed by atoms with Gasteiger partial charge in [0, 0.05) is 23.1 Å². The van der Waals surface area contributed by atoms with Crippen LogP contribution in [0.1, 0.15) is 24.9 Å². The van der Waals surface area contributed by atoms with Crippen molar-refractivity contribution in [1.29, 1.82) is 0 Å². The van der Waals surface area contributed by atoms with Crippen molar-refractivity contribution in [2.45, 2.75) is 24.3 Å². The minimum Gasteiger partial charge on any atom is -0.370 e. The minimum absolute atomic E-state index is 0.140. The Hall–Kier alpha value is -2.31. The van der Waals surface area contributed by atoms with Crippen LogP contribution in [0.25, 0.3) is 0 Å². The number of amides is 2. The van der Waals surface area contributed by atoms with Gasteiger partial charge in [0.2, 0.25) is 11.8 Å². The van der Waals surface area contributed by atoms with E-state index < -0.39 is 0 Å². The van der Waals surface area contributed by atoms with E-state index >= 15 is 0 Å². The van der Waals surface area contributed by atoms with Crippen molar-refractivity contribution in [3.8, 4) is 0 Å². The fourth-order valence-electron chi connectivity index (χ4n) is 2.33. The molecule has 0 radical (unpaired) electrons. The number of anilines is 1. The lowest BCUT2D eigenvalue weighted by Crippen LogP contribution is -2.30. The number of nitrogens with one attached hydrogen (secondary N) is 1. The van der Waals surface area contributed by atoms with Crippen molar-refractivity contribution in [3.63, 3.8) is 0 Å². The Labute approximate surface area is 152 Å². The Balaban J connectivity index is 2.03. The zero-order valence-electron chi connectivity index (χ0n) is 14.1. The fourth-order valence-corrected chi connectivity index (χ4v) is 3.30. The molecule has 0 aliphatic heterocycles. The molecule has 2 aromatic rings. The van der Waals surface area contributed by atoms with Crippen LogP contribution in [0.5, 0.6) is 0 Å². The summed E-state index contributed by atoms with van der Waals surface area (Å²) >= 11 is 1.49. The van der Waals surface area contributed by atoms with Crippen molar-refractivity contribution in [2.75, 3.05) is 11.1 Å². The lowest BCUT2D eigenvalue weighted by Gasteiger charge is -2.20. The van der Waals surface area contributed by atoms with Crippen LogP contribution in [-0.4, -0.2) is 17.6 Å². The summed E-state index contributed by atoms with van der Waals surface area (Å²) in [7, 11) is 0. The van der Waals surface area contributed by atoms with Gasteiger partial charge < -0.3 is 16.8 Å².